The van der Waals surface area contributed by atoms with E-state index in [-0.39, 0.29) is 0 Å². The molecule has 64 valence electrons. The fourth-order valence-corrected chi connectivity index (χ4v) is 0.143. The van der Waals surface area contributed by atoms with Crippen LogP contribution in [0.4, 0.5) is 0 Å². The second-order valence-electron chi connectivity index (χ2n) is 1.51. The van der Waals surface area contributed by atoms with E-state index in [1.165, 1.54) is 0 Å². The number of nitrogens with one attached hydrogen (secondary N) is 1. The fourth-order valence-electron chi connectivity index (χ4n) is 0.143. The molecular weight excluding hydrogens is 150 g/mol. The molecule has 0 bridgehead atoms. The Labute approximate surface area is 64.3 Å². The van der Waals surface area contributed by atoms with Crippen molar-refractivity contribution >= 4 is 11.9 Å². The summed E-state index contributed by atoms with van der Waals surface area (Å²) in [4.78, 5) is 19.1. The van der Waals surface area contributed by atoms with E-state index in [9.17, 15) is 9.59 Å². The van der Waals surface area contributed by atoms with Crippen molar-refractivity contribution < 1.29 is 19.8 Å². The van der Waals surface area contributed by atoms with E-state index >= 15 is 0 Å². The van der Waals surface area contributed by atoms with Crippen LogP contribution in [-0.2, 0) is 9.59 Å². The maximum Gasteiger partial charge on any atom is 0.328 e. The largest absolute Gasteiger partial charge is 0.478 e. The average molecular weight is 161 g/mol. The third kappa shape index (κ3) is 28.8. The molecule has 0 spiro atoms. The van der Waals surface area contributed by atoms with Crippen molar-refractivity contribution in [2.75, 3.05) is 14.1 Å². The highest BCUT2D eigenvalue weighted by Crippen LogP contribution is 1.70. The molecule has 11 heavy (non-hydrogen) atoms. The molecule has 0 aromatic carbocycles. The van der Waals surface area contributed by atoms with Crippen molar-refractivity contribution in [1.82, 2.24) is 5.32 Å². The monoisotopic (exact) mass is 161 g/mol. The van der Waals surface area contributed by atoms with Crippen LogP contribution in [0.1, 0.15) is 0 Å². The van der Waals surface area contributed by atoms with Crippen LogP contribution in [0.25, 0.3) is 0 Å². The van der Waals surface area contributed by atoms with Gasteiger partial charge in [0, 0.05) is 12.2 Å². The summed E-state index contributed by atoms with van der Waals surface area (Å²) in [5.41, 5.74) is 0. The molecule has 0 heterocycles. The molecule has 0 aromatic heterocycles. The Balaban J connectivity index is 0. The van der Waals surface area contributed by atoms with Gasteiger partial charge in [0.1, 0.15) is 0 Å². The summed E-state index contributed by atoms with van der Waals surface area (Å²) in [5.74, 6) is -2.51. The highest BCUT2D eigenvalue weighted by atomic mass is 16.4. The molecule has 0 aliphatic rings. The Hall–Kier alpha value is -1.36. The van der Waals surface area contributed by atoms with E-state index in [1.54, 1.807) is 0 Å². The molecule has 5 nitrogen and oxygen atoms in total. The number of rotatable bonds is 2. The van der Waals surface area contributed by atoms with Crippen molar-refractivity contribution in [3.63, 3.8) is 0 Å². The van der Waals surface area contributed by atoms with Gasteiger partial charge in [-0.2, -0.15) is 0 Å². The highest BCUT2D eigenvalue weighted by molar-refractivity contribution is 5.89. The first-order chi connectivity index (χ1) is 5.04. The van der Waals surface area contributed by atoms with E-state index in [1.807, 2.05) is 14.1 Å². The second-order valence-corrected chi connectivity index (χ2v) is 1.51. The smallest absolute Gasteiger partial charge is 0.328 e. The van der Waals surface area contributed by atoms with Gasteiger partial charge in [-0.15, -0.1) is 0 Å². The number of carboxylic acid groups (broad SMARTS) is 2. The normalized spacial score (nSPS) is 8.55. The predicted molar refractivity (Wildman–Crippen MR) is 39.4 cm³/mol. The Morgan fingerprint density at radius 2 is 1.27 bits per heavy atom. The maximum absolute atomic E-state index is 9.55. The predicted octanol–water partition coefficient (Wildman–Crippen LogP) is -0.453. The number of carbonyl (C=O) groups is 2. The van der Waals surface area contributed by atoms with Crippen molar-refractivity contribution in [1.29, 1.82) is 0 Å². The second kappa shape index (κ2) is 8.64. The number of hydrogen-bond donors (Lipinski definition) is 3. The Morgan fingerprint density at radius 3 is 1.36 bits per heavy atom. The zero-order chi connectivity index (χ0) is 9.28. The third-order valence-corrected chi connectivity index (χ3v) is 0.368. The van der Waals surface area contributed by atoms with Gasteiger partial charge in [0.15, 0.2) is 0 Å². The molecule has 5 heteroatoms. The summed E-state index contributed by atoms with van der Waals surface area (Å²) >= 11 is 0. The van der Waals surface area contributed by atoms with Crippen LogP contribution in [-0.4, -0.2) is 36.2 Å². The Morgan fingerprint density at radius 1 is 1.09 bits per heavy atom. The molecule has 0 aliphatic heterocycles. The molecular formula is C6H11NO4. The molecule has 0 atom stereocenters. The molecule has 3 N–H and O–H groups in total. The van der Waals surface area contributed by atoms with Crippen molar-refractivity contribution in [2.45, 2.75) is 0 Å². The highest BCUT2D eigenvalue weighted by Gasteiger charge is 1.88. The first kappa shape index (κ1) is 12.3. The molecule has 0 saturated heterocycles. The summed E-state index contributed by atoms with van der Waals surface area (Å²) in [6.45, 7) is 0. The topological polar surface area (TPSA) is 86.6 Å². The van der Waals surface area contributed by atoms with E-state index in [2.05, 4.69) is 5.32 Å². The van der Waals surface area contributed by atoms with E-state index in [4.69, 9.17) is 10.2 Å². The maximum atomic E-state index is 9.55. The number of hydrogen-bond acceptors (Lipinski definition) is 3. The first-order valence-corrected chi connectivity index (χ1v) is 2.77. The third-order valence-electron chi connectivity index (χ3n) is 0.368. The molecule has 0 amide bonds. The lowest BCUT2D eigenvalue weighted by Gasteiger charge is -1.74. The van der Waals surface area contributed by atoms with Crippen molar-refractivity contribution in [3.8, 4) is 0 Å². The van der Waals surface area contributed by atoms with Gasteiger partial charge in [0.25, 0.3) is 0 Å². The first-order valence-electron chi connectivity index (χ1n) is 2.77. The van der Waals surface area contributed by atoms with Gasteiger partial charge in [0.2, 0.25) is 0 Å². The van der Waals surface area contributed by atoms with Gasteiger partial charge in [-0.25, -0.2) is 9.59 Å². The van der Waals surface area contributed by atoms with E-state index in [0.717, 1.165) is 0 Å². The fraction of sp³-hybridized carbons (Fsp3) is 0.333. The summed E-state index contributed by atoms with van der Waals surface area (Å²) in [6.07, 6.45) is 1.12. The van der Waals surface area contributed by atoms with Crippen LogP contribution in [0.3, 0.4) is 0 Å². The minimum Gasteiger partial charge on any atom is -0.478 e. The van der Waals surface area contributed by atoms with Crippen molar-refractivity contribution in [2.24, 2.45) is 0 Å². The van der Waals surface area contributed by atoms with Gasteiger partial charge in [0.05, 0.1) is 0 Å². The molecule has 0 rings (SSSR count). The lowest BCUT2D eigenvalue weighted by molar-refractivity contribution is -0.134. The summed E-state index contributed by atoms with van der Waals surface area (Å²) in [6, 6.07) is 0. The van der Waals surface area contributed by atoms with Gasteiger partial charge >= 0.3 is 11.9 Å². The summed E-state index contributed by atoms with van der Waals surface area (Å²) in [5, 5.41) is 18.4. The van der Waals surface area contributed by atoms with E-state index < -0.39 is 11.9 Å². The number of aliphatic carboxylic acids is 2. The standard InChI is InChI=1S/C4H4O4.C2H7N/c5-3(6)1-2-4(7)8;1-3-2/h1-2H,(H,5,6)(H,7,8);3H,1-2H3. The zero-order valence-electron chi connectivity index (χ0n) is 6.37. The molecule has 0 radical (unpaired) electrons. The van der Waals surface area contributed by atoms with Crippen molar-refractivity contribution in [3.05, 3.63) is 12.2 Å². The lowest BCUT2D eigenvalue weighted by atomic mass is 10.5. The summed E-state index contributed by atoms with van der Waals surface area (Å²) < 4.78 is 0. The van der Waals surface area contributed by atoms with Crippen LogP contribution < -0.4 is 5.32 Å². The van der Waals surface area contributed by atoms with Crippen LogP contribution in [0.2, 0.25) is 0 Å². The van der Waals surface area contributed by atoms with Crippen LogP contribution in [0.5, 0.6) is 0 Å². The van der Waals surface area contributed by atoms with Gasteiger partial charge in [-0.3, -0.25) is 0 Å². The molecule has 0 aliphatic carbocycles. The molecule has 0 aromatic rings. The zero-order valence-corrected chi connectivity index (χ0v) is 6.37. The quantitative estimate of drug-likeness (QED) is 0.477. The lowest BCUT2D eigenvalue weighted by Crippen LogP contribution is -1.91. The number of carboxylic acids is 2. The van der Waals surface area contributed by atoms with Gasteiger partial charge < -0.3 is 15.5 Å². The van der Waals surface area contributed by atoms with E-state index in [0.29, 0.717) is 12.2 Å². The Kier molecular flexibility index (Phi) is 9.68. The van der Waals surface area contributed by atoms with Gasteiger partial charge in [-0.1, -0.05) is 0 Å². The molecule has 0 fully saturated rings. The van der Waals surface area contributed by atoms with Crippen LogP contribution >= 0.6 is 0 Å². The molecule has 0 saturated carbocycles. The van der Waals surface area contributed by atoms with Crippen LogP contribution in [0.15, 0.2) is 12.2 Å². The SMILES string of the molecule is CNC.O=C(O)C=CC(=O)O. The molecule has 0 unspecified atom stereocenters. The van der Waals surface area contributed by atoms with Crippen LogP contribution in [0, 0.1) is 0 Å². The Bertz CT molecular complexity index is 137. The van der Waals surface area contributed by atoms with Gasteiger partial charge in [-0.05, 0) is 14.1 Å². The minimum absolute atomic E-state index is 0.558. The summed E-state index contributed by atoms with van der Waals surface area (Å²) in [7, 11) is 3.75. The minimum atomic E-state index is -1.26. The average Bonchev–Trinajstić information content (AvgIpc) is 1.85.